The third-order valence-electron chi connectivity index (χ3n) is 18.8. The van der Waals surface area contributed by atoms with Crippen molar-refractivity contribution in [1.82, 2.24) is 0 Å². The van der Waals surface area contributed by atoms with E-state index in [1.165, 1.54) is 156 Å². The molecule has 0 fully saturated rings. The summed E-state index contributed by atoms with van der Waals surface area (Å²) in [5.41, 5.74) is 29.6. The van der Waals surface area contributed by atoms with Gasteiger partial charge in [-0.3, -0.25) is 0 Å². The first-order chi connectivity index (χ1) is 31.7. The third kappa shape index (κ3) is 6.70. The molecule has 0 saturated carbocycles. The predicted molar refractivity (Wildman–Crippen MR) is 296 cm³/mol. The van der Waals surface area contributed by atoms with Crippen molar-refractivity contribution in [2.45, 2.75) is 187 Å². The molecule has 1 N–H and O–H groups in total. The number of aryl methyl sites for hydroxylation is 2. The highest BCUT2D eigenvalue weighted by molar-refractivity contribution is 6.73. The molecule has 0 unspecified atom stereocenters. The summed E-state index contributed by atoms with van der Waals surface area (Å²) in [7, 11) is 0.868. The van der Waals surface area contributed by atoms with Crippen LogP contribution in [-0.2, 0) is 37.9 Å². The van der Waals surface area contributed by atoms with E-state index in [9.17, 15) is 0 Å². The molecule has 2 nitrogen and oxygen atoms in total. The van der Waals surface area contributed by atoms with Gasteiger partial charge in [-0.1, -0.05) is 157 Å². The van der Waals surface area contributed by atoms with E-state index >= 15 is 0 Å². The topological polar surface area (TPSA) is 15.3 Å². The van der Waals surface area contributed by atoms with Gasteiger partial charge in [0.25, 0.3) is 0 Å². The fourth-order valence-corrected chi connectivity index (χ4v) is 14.0. The first kappa shape index (κ1) is 45.4. The second-order valence-electron chi connectivity index (χ2n) is 26.8. The van der Waals surface area contributed by atoms with Crippen molar-refractivity contribution in [1.29, 1.82) is 0 Å². The molecule has 0 spiro atoms. The first-order valence-electron chi connectivity index (χ1n) is 26.2. The van der Waals surface area contributed by atoms with Gasteiger partial charge in [0, 0.05) is 39.4 Å². The number of hydrogen-bond acceptors (Lipinski definition) is 2. The third-order valence-corrected chi connectivity index (χ3v) is 18.8. The molecule has 6 aromatic rings. The molecule has 4 aliphatic carbocycles. The van der Waals surface area contributed by atoms with Crippen LogP contribution in [0.3, 0.4) is 0 Å². The van der Waals surface area contributed by atoms with Gasteiger partial charge in [0.05, 0.1) is 0 Å². The minimum absolute atomic E-state index is 0.0596. The Hall–Kier alpha value is -5.02. The summed E-state index contributed by atoms with van der Waals surface area (Å²) >= 11 is 0. The van der Waals surface area contributed by atoms with Crippen LogP contribution in [0.15, 0.2) is 91.0 Å². The standard InChI is InChI=1S/C65H77BN2/c1-38-31-44(43-35-49-50(63(11,12)29-28-62(49,9)10)36-53(43)67-40-21-23-46-48(34-40)61(7,8)26-25-59(46,3)4)57-55(32-38)68(54-37-51-47(33-39(54)2)60(5,6)27-30-64(51,13)14)58-52(66-57)24-22-42-41-19-17-18-20-45(41)65(15,16)56(42)58/h17-24,31-37,66-67H,25-30H2,1-16H3. The largest absolute Gasteiger partial charge is 0.355 e. The molecule has 6 aromatic carbocycles. The Balaban J connectivity index is 1.19. The van der Waals surface area contributed by atoms with E-state index in [1.807, 2.05) is 0 Å². The summed E-state index contributed by atoms with van der Waals surface area (Å²) in [5, 5.41) is 4.19. The summed E-state index contributed by atoms with van der Waals surface area (Å²) in [6.45, 7) is 39.2. The quantitative estimate of drug-likeness (QED) is 0.177. The van der Waals surface area contributed by atoms with Crippen LogP contribution in [0, 0.1) is 13.8 Å². The van der Waals surface area contributed by atoms with Gasteiger partial charge in [-0.05, 0) is 199 Å². The molecule has 0 atom stereocenters. The van der Waals surface area contributed by atoms with Crippen molar-refractivity contribution < 1.29 is 0 Å². The van der Waals surface area contributed by atoms with E-state index in [1.54, 1.807) is 0 Å². The van der Waals surface area contributed by atoms with Crippen LogP contribution in [0.4, 0.5) is 28.4 Å². The number of fused-ring (bicyclic) bond motifs is 9. The lowest BCUT2D eigenvalue weighted by molar-refractivity contribution is 0.332. The Labute approximate surface area is 411 Å². The van der Waals surface area contributed by atoms with Gasteiger partial charge in [0.15, 0.2) is 7.28 Å². The normalized spacial score (nSPS) is 20.9. The molecule has 11 rings (SSSR count). The van der Waals surface area contributed by atoms with Crippen LogP contribution in [0.5, 0.6) is 0 Å². The van der Waals surface area contributed by atoms with Crippen molar-refractivity contribution in [2.75, 3.05) is 10.2 Å². The molecule has 0 radical (unpaired) electrons. The van der Waals surface area contributed by atoms with Crippen LogP contribution in [0.2, 0.25) is 0 Å². The molecule has 0 amide bonds. The smallest absolute Gasteiger partial charge is 0.198 e. The molecule has 1 heterocycles. The molecular weight excluding hydrogens is 820 g/mol. The minimum atomic E-state index is -0.171. The molecule has 0 bridgehead atoms. The monoisotopic (exact) mass is 897 g/mol. The van der Waals surface area contributed by atoms with E-state index in [2.05, 4.69) is 212 Å². The molecule has 3 heteroatoms. The van der Waals surface area contributed by atoms with Crippen molar-refractivity contribution in [2.24, 2.45) is 0 Å². The Kier molecular flexibility index (Phi) is 9.70. The molecule has 1 aliphatic heterocycles. The lowest BCUT2D eigenvalue weighted by atomic mass is 9.56. The van der Waals surface area contributed by atoms with Crippen molar-refractivity contribution >= 4 is 46.6 Å². The second-order valence-corrected chi connectivity index (χ2v) is 26.8. The minimum Gasteiger partial charge on any atom is -0.355 e. The summed E-state index contributed by atoms with van der Waals surface area (Å²) < 4.78 is 0. The zero-order valence-corrected chi connectivity index (χ0v) is 44.6. The number of nitrogens with zero attached hydrogens (tertiary/aromatic N) is 1. The molecule has 0 saturated heterocycles. The van der Waals surface area contributed by atoms with Gasteiger partial charge in [-0.2, -0.15) is 0 Å². The maximum atomic E-state index is 4.19. The number of rotatable bonds is 4. The summed E-state index contributed by atoms with van der Waals surface area (Å²) in [4.78, 5) is 2.76. The van der Waals surface area contributed by atoms with Gasteiger partial charge < -0.3 is 10.2 Å². The summed E-state index contributed by atoms with van der Waals surface area (Å²) in [6.07, 6.45) is 7.16. The van der Waals surface area contributed by atoms with Crippen LogP contribution in [0.25, 0.3) is 22.3 Å². The lowest BCUT2D eigenvalue weighted by Crippen LogP contribution is -2.43. The number of anilines is 5. The maximum absolute atomic E-state index is 4.19. The SMILES string of the molecule is Cc1cc(-c2cc3c(cc2Nc2ccc4c(c2)C(C)(C)CCC4(C)C)C(C)(C)CCC3(C)C)c2c(c1)N(c1cc3c(cc1C)C(C)(C)CCC3(C)C)c1c(ccc3c1C(C)(C)c1ccccc1-3)B2. The summed E-state index contributed by atoms with van der Waals surface area (Å²) in [5.74, 6) is 0. The lowest BCUT2D eigenvalue weighted by Gasteiger charge is -2.44. The van der Waals surface area contributed by atoms with E-state index in [-0.39, 0.29) is 37.9 Å². The Morgan fingerprint density at radius 1 is 0.441 bits per heavy atom. The zero-order valence-electron chi connectivity index (χ0n) is 44.6. The Morgan fingerprint density at radius 3 is 1.62 bits per heavy atom. The van der Waals surface area contributed by atoms with E-state index in [4.69, 9.17) is 0 Å². The van der Waals surface area contributed by atoms with Gasteiger partial charge in [0.1, 0.15) is 0 Å². The van der Waals surface area contributed by atoms with Gasteiger partial charge in [-0.15, -0.1) is 0 Å². The second kappa shape index (κ2) is 14.5. The average molecular weight is 897 g/mol. The highest BCUT2D eigenvalue weighted by Gasteiger charge is 2.45. The number of hydrogen-bond donors (Lipinski definition) is 1. The molecular formula is C65H77BN2. The molecule has 0 aromatic heterocycles. The first-order valence-corrected chi connectivity index (χ1v) is 26.2. The molecule has 350 valence electrons. The highest BCUT2D eigenvalue weighted by atomic mass is 15.2. The Bertz CT molecular complexity index is 3130. The fraction of sp³-hybridized carbons (Fsp3) is 0.446. The van der Waals surface area contributed by atoms with E-state index < -0.39 is 0 Å². The van der Waals surface area contributed by atoms with Crippen LogP contribution in [-0.4, -0.2) is 7.28 Å². The predicted octanol–water partition coefficient (Wildman–Crippen LogP) is 16.2. The van der Waals surface area contributed by atoms with Crippen molar-refractivity contribution in [3.8, 4) is 22.3 Å². The number of nitrogens with one attached hydrogen (secondary N) is 1. The zero-order chi connectivity index (χ0) is 48.5. The molecule has 68 heavy (non-hydrogen) atoms. The average Bonchev–Trinajstić information content (AvgIpc) is 3.50. The van der Waals surface area contributed by atoms with Gasteiger partial charge in [-0.25, -0.2) is 0 Å². The van der Waals surface area contributed by atoms with Crippen LogP contribution < -0.4 is 21.1 Å². The van der Waals surface area contributed by atoms with Crippen LogP contribution >= 0.6 is 0 Å². The van der Waals surface area contributed by atoms with Gasteiger partial charge in [0.2, 0.25) is 0 Å². The molecule has 5 aliphatic rings. The van der Waals surface area contributed by atoms with Crippen LogP contribution in [0.1, 0.15) is 191 Å². The van der Waals surface area contributed by atoms with Gasteiger partial charge >= 0.3 is 0 Å². The van der Waals surface area contributed by atoms with Crippen molar-refractivity contribution in [3.63, 3.8) is 0 Å². The highest BCUT2D eigenvalue weighted by Crippen LogP contribution is 2.57. The van der Waals surface area contributed by atoms with E-state index in [0.29, 0.717) is 0 Å². The van der Waals surface area contributed by atoms with E-state index in [0.717, 1.165) is 7.28 Å². The van der Waals surface area contributed by atoms with Crippen molar-refractivity contribution in [3.05, 3.63) is 147 Å². The summed E-state index contributed by atoms with van der Waals surface area (Å²) in [6, 6.07) is 36.9. The maximum Gasteiger partial charge on any atom is 0.198 e. The Morgan fingerprint density at radius 2 is 0.985 bits per heavy atom. The fourth-order valence-electron chi connectivity index (χ4n) is 14.0. The number of benzene rings is 6.